The number of nitrogens with two attached hydrogens (primary N) is 1. The molecule has 2 bridgehead atoms. The first-order valence-corrected chi connectivity index (χ1v) is 23.5. The number of fused-ring (bicyclic) bond motifs is 10. The second-order valence-electron chi connectivity index (χ2n) is 15.6. The normalized spacial score (nSPS) is 12.4. The van der Waals surface area contributed by atoms with Crippen molar-refractivity contribution in [1.82, 2.24) is 0 Å². The highest BCUT2D eigenvalue weighted by atomic mass is 32.2. The SMILES string of the molecule is BC/C=C(\C(=C/C=C)N1c2cc(N(c3ccccc3)c3ccccc3)cc(c2S)-c2cccc(Sc3ccccc3C(=C)N)c2-c2ccc3sc4ccccc4c3c21)c1ccccc1. The Morgan fingerprint density at radius 1 is 0.688 bits per heavy atom. The van der Waals surface area contributed by atoms with Gasteiger partial charge in [-0.15, -0.1) is 24.0 Å². The van der Waals surface area contributed by atoms with Crippen molar-refractivity contribution in [3.63, 3.8) is 0 Å². The summed E-state index contributed by atoms with van der Waals surface area (Å²) in [5, 5.41) is 2.38. The second-order valence-corrected chi connectivity index (χ2v) is 18.2. The summed E-state index contributed by atoms with van der Waals surface area (Å²) in [5.41, 5.74) is 20.6. The number of nitrogens with zero attached hydrogens (tertiary/aromatic N) is 2. The molecular weight excluding hydrogens is 834 g/mol. The third-order valence-electron chi connectivity index (χ3n) is 11.7. The number of thiol groups is 1. The Balaban J connectivity index is 1.40. The van der Waals surface area contributed by atoms with Gasteiger partial charge in [0.05, 0.1) is 17.1 Å². The van der Waals surface area contributed by atoms with Crippen LogP contribution in [0.4, 0.5) is 28.4 Å². The summed E-state index contributed by atoms with van der Waals surface area (Å²) in [6, 6.07) is 64.9. The van der Waals surface area contributed by atoms with Gasteiger partial charge in [-0.05, 0) is 83.4 Å². The van der Waals surface area contributed by atoms with Crippen LogP contribution in [0, 0.1) is 0 Å². The maximum Gasteiger partial charge on any atom is 0.106 e. The first kappa shape index (κ1) is 41.1. The van der Waals surface area contributed by atoms with Crippen LogP contribution in [0.1, 0.15) is 11.1 Å². The van der Waals surface area contributed by atoms with E-state index in [9.17, 15) is 0 Å². The van der Waals surface area contributed by atoms with E-state index in [2.05, 4.69) is 219 Å². The summed E-state index contributed by atoms with van der Waals surface area (Å²) >= 11 is 9.21. The van der Waals surface area contributed by atoms with E-state index >= 15 is 0 Å². The summed E-state index contributed by atoms with van der Waals surface area (Å²) in [4.78, 5) is 7.83. The Labute approximate surface area is 390 Å². The largest absolute Gasteiger partial charge is 0.399 e. The molecule has 10 rings (SSSR count). The lowest BCUT2D eigenvalue weighted by molar-refractivity contribution is 1.17. The molecule has 0 unspecified atom stereocenters. The second kappa shape index (κ2) is 17.7. The summed E-state index contributed by atoms with van der Waals surface area (Å²) in [5.74, 6) is 0. The van der Waals surface area contributed by atoms with Crippen molar-refractivity contribution in [2.24, 2.45) is 5.73 Å². The summed E-state index contributed by atoms with van der Waals surface area (Å²) in [6.45, 7) is 8.52. The van der Waals surface area contributed by atoms with Gasteiger partial charge in [-0.3, -0.25) is 0 Å². The molecule has 64 heavy (non-hydrogen) atoms. The maximum atomic E-state index is 6.47. The molecule has 0 aliphatic carbocycles. The molecule has 0 saturated carbocycles. The molecule has 1 aliphatic rings. The molecule has 2 heterocycles. The highest BCUT2D eigenvalue weighted by Crippen LogP contribution is 2.58. The van der Waals surface area contributed by atoms with E-state index in [4.69, 9.17) is 18.4 Å². The van der Waals surface area contributed by atoms with Crippen LogP contribution in [0.5, 0.6) is 0 Å². The number of allylic oxidation sites excluding steroid dienone is 4. The van der Waals surface area contributed by atoms with Gasteiger partial charge in [0.2, 0.25) is 0 Å². The number of anilines is 5. The number of rotatable bonds is 11. The summed E-state index contributed by atoms with van der Waals surface area (Å²) in [7, 11) is 2.20. The smallest absolute Gasteiger partial charge is 0.106 e. The van der Waals surface area contributed by atoms with Crippen LogP contribution in [0.2, 0.25) is 6.32 Å². The highest BCUT2D eigenvalue weighted by molar-refractivity contribution is 7.99. The van der Waals surface area contributed by atoms with Crippen LogP contribution < -0.4 is 15.5 Å². The molecule has 1 aromatic heterocycles. The molecule has 1 aliphatic heterocycles. The third kappa shape index (κ3) is 7.35. The van der Waals surface area contributed by atoms with Gasteiger partial charge in [0.1, 0.15) is 7.85 Å². The molecule has 2 N–H and O–H groups in total. The molecule has 0 spiro atoms. The van der Waals surface area contributed by atoms with Gasteiger partial charge in [0, 0.05) is 79.9 Å². The molecule has 8 aromatic carbocycles. The molecule has 9 aromatic rings. The van der Waals surface area contributed by atoms with Gasteiger partial charge in [0.15, 0.2) is 0 Å². The standard InChI is InChI=1S/C57H44BN3S3/c1-3-18-48(43(33-34-58)38-19-7-4-8-20-38)61-49-36-41(60(39-21-9-5-10-22-39)40-23-11-6-12-24-40)35-47(57(49)62)44-27-17-30-52(63-50-28-15-13-25-42(50)37(2)59)54(44)46-31-32-53-55(56(46)61)45-26-14-16-29-51(45)64-53/h3-33,35-36,62H,1-2,34,58-59H2/b43-33-,48-18+. The van der Waals surface area contributed by atoms with Crippen molar-refractivity contribution < 1.29 is 0 Å². The summed E-state index contributed by atoms with van der Waals surface area (Å²) in [6.07, 6.45) is 7.25. The van der Waals surface area contributed by atoms with Crippen molar-refractivity contribution in [2.45, 2.75) is 21.0 Å². The van der Waals surface area contributed by atoms with Crippen LogP contribution in [0.25, 0.3) is 53.7 Å². The van der Waals surface area contributed by atoms with E-state index in [0.29, 0.717) is 5.70 Å². The molecule has 0 saturated heterocycles. The molecule has 0 fully saturated rings. The lowest BCUT2D eigenvalue weighted by atomic mass is 9.87. The molecule has 3 nitrogen and oxygen atoms in total. The third-order valence-corrected chi connectivity index (χ3v) is 14.4. The zero-order valence-electron chi connectivity index (χ0n) is 35.4. The van der Waals surface area contributed by atoms with Crippen LogP contribution in [-0.4, -0.2) is 7.85 Å². The number of hydrogen-bond acceptors (Lipinski definition) is 6. The first-order chi connectivity index (χ1) is 31.4. The van der Waals surface area contributed by atoms with Crippen molar-refractivity contribution in [2.75, 3.05) is 9.80 Å². The Kier molecular flexibility index (Phi) is 11.4. The van der Waals surface area contributed by atoms with E-state index < -0.39 is 0 Å². The van der Waals surface area contributed by atoms with Crippen molar-refractivity contribution in [1.29, 1.82) is 0 Å². The minimum Gasteiger partial charge on any atom is -0.399 e. The number of para-hydroxylation sites is 2. The van der Waals surface area contributed by atoms with Crippen LogP contribution in [0.3, 0.4) is 0 Å². The fourth-order valence-corrected chi connectivity index (χ4v) is 11.6. The molecule has 0 amide bonds. The Hall–Kier alpha value is -6.90. The Bertz CT molecular complexity index is 3260. The van der Waals surface area contributed by atoms with Crippen LogP contribution in [0.15, 0.2) is 234 Å². The van der Waals surface area contributed by atoms with E-state index in [0.717, 1.165) is 94.1 Å². The lowest BCUT2D eigenvalue weighted by Crippen LogP contribution is -2.22. The van der Waals surface area contributed by atoms with Gasteiger partial charge in [0.25, 0.3) is 0 Å². The minimum absolute atomic E-state index is 0.534. The van der Waals surface area contributed by atoms with E-state index in [1.807, 2.05) is 23.5 Å². The van der Waals surface area contributed by atoms with E-state index in [1.165, 1.54) is 20.2 Å². The van der Waals surface area contributed by atoms with Gasteiger partial charge >= 0.3 is 0 Å². The van der Waals surface area contributed by atoms with Gasteiger partial charge in [-0.25, -0.2) is 0 Å². The van der Waals surface area contributed by atoms with Gasteiger partial charge in [-0.2, -0.15) is 0 Å². The molecular formula is C57H44BN3S3. The van der Waals surface area contributed by atoms with Crippen LogP contribution >= 0.6 is 35.7 Å². The van der Waals surface area contributed by atoms with Crippen molar-refractivity contribution >= 4 is 103 Å². The fourth-order valence-electron chi connectivity index (χ4n) is 8.96. The van der Waals surface area contributed by atoms with Gasteiger partial charge < -0.3 is 15.5 Å². The van der Waals surface area contributed by atoms with Crippen molar-refractivity contribution in [3.8, 4) is 22.3 Å². The molecule has 0 atom stereocenters. The highest BCUT2D eigenvalue weighted by Gasteiger charge is 2.33. The number of thiophene rings is 1. The molecule has 0 radical (unpaired) electrons. The van der Waals surface area contributed by atoms with E-state index in [-0.39, 0.29) is 0 Å². The Morgan fingerprint density at radius 3 is 2.05 bits per heavy atom. The predicted molar refractivity (Wildman–Crippen MR) is 284 cm³/mol. The predicted octanol–water partition coefficient (Wildman–Crippen LogP) is 15.9. The number of hydrogen-bond donors (Lipinski definition) is 2. The van der Waals surface area contributed by atoms with Crippen LogP contribution in [-0.2, 0) is 0 Å². The monoisotopic (exact) mass is 877 g/mol. The maximum absolute atomic E-state index is 6.47. The number of benzene rings is 8. The fraction of sp³-hybridized carbons (Fsp3) is 0.0175. The zero-order valence-corrected chi connectivity index (χ0v) is 37.9. The van der Waals surface area contributed by atoms with Crippen molar-refractivity contribution in [3.05, 3.63) is 230 Å². The zero-order chi connectivity index (χ0) is 43.7. The topological polar surface area (TPSA) is 32.5 Å². The molecule has 308 valence electrons. The average Bonchev–Trinajstić information content (AvgIpc) is 3.71. The average molecular weight is 878 g/mol. The summed E-state index contributed by atoms with van der Waals surface area (Å²) < 4.78 is 2.43. The van der Waals surface area contributed by atoms with Gasteiger partial charge in [-0.1, -0.05) is 165 Å². The minimum atomic E-state index is 0.534. The Morgan fingerprint density at radius 2 is 1.34 bits per heavy atom. The lowest BCUT2D eigenvalue weighted by Gasteiger charge is -2.37. The molecule has 7 heteroatoms. The first-order valence-electron chi connectivity index (χ1n) is 21.4. The van der Waals surface area contributed by atoms with E-state index in [1.54, 1.807) is 11.8 Å². The quantitative estimate of drug-likeness (QED) is 0.0770.